The first-order valence-corrected chi connectivity index (χ1v) is 3.53. The Bertz CT molecular complexity index is 136. The molecule has 0 aromatic rings. The van der Waals surface area contributed by atoms with Gasteiger partial charge in [0.05, 0.1) is 0 Å². The van der Waals surface area contributed by atoms with Crippen LogP contribution in [-0.2, 0) is 0 Å². The third kappa shape index (κ3) is 9810. The Hall–Kier alpha value is 0.731. The van der Waals surface area contributed by atoms with Crippen LogP contribution < -0.4 is 51.4 Å². The number of hydrogen-bond donors (Lipinski definition) is 0. The van der Waals surface area contributed by atoms with Crippen molar-refractivity contribution in [2.45, 2.75) is 6.92 Å². The minimum absolute atomic E-state index is 0. The quantitative estimate of drug-likeness (QED) is 0.359. The van der Waals surface area contributed by atoms with Gasteiger partial charge in [-0.15, -0.1) is 0 Å². The van der Waals surface area contributed by atoms with Gasteiger partial charge in [-0.3, -0.25) is 6.08 Å². The van der Waals surface area contributed by atoms with Gasteiger partial charge in [0.15, 0.2) is 0 Å². The Balaban J connectivity index is -0.0000000458. The van der Waals surface area contributed by atoms with Crippen LogP contribution in [0.25, 0.3) is 0 Å². The second-order valence-electron chi connectivity index (χ2n) is 1.82. The van der Waals surface area contributed by atoms with Crippen molar-refractivity contribution in [3.05, 3.63) is 12.7 Å². The number of allylic oxidation sites excluding steroid dienone is 1. The molecule has 0 unspecified atom stereocenters. The zero-order valence-corrected chi connectivity index (χ0v) is 12.5. The molecule has 0 saturated heterocycles. The van der Waals surface area contributed by atoms with E-state index in [2.05, 4.69) is 0 Å². The first-order chi connectivity index (χ1) is 7.41. The molecule has 0 aromatic heterocycles. The summed E-state index contributed by atoms with van der Waals surface area (Å²) in [5.74, 6) is 0. The fourth-order valence-electron chi connectivity index (χ4n) is 0. The van der Waals surface area contributed by atoms with Gasteiger partial charge in [-0.05, 0) is 0 Å². The molecular weight excluding hydrogens is 336 g/mol. The molecule has 0 spiro atoms. The second-order valence-corrected chi connectivity index (χ2v) is 1.82. The summed E-state index contributed by atoms with van der Waals surface area (Å²) >= 11 is 0. The number of hydrogen-bond acceptors (Lipinski definition) is 0. The van der Waals surface area contributed by atoms with E-state index in [1.54, 1.807) is 6.92 Å². The summed E-state index contributed by atoms with van der Waals surface area (Å²) in [5.41, 5.74) is 0. The van der Waals surface area contributed by atoms with Gasteiger partial charge >= 0.3 is 73.1 Å². The SMILES string of the molecule is F[B-](F)(F)F.F[B-](F)(F)F.F[B-](F)(F)F.[CH-]=CC.[K+]. The fraction of sp³-hybridized carbons (Fsp3) is 0.333. The Labute approximate surface area is 143 Å². The van der Waals surface area contributed by atoms with E-state index >= 15 is 0 Å². The van der Waals surface area contributed by atoms with Crippen molar-refractivity contribution in [3.8, 4) is 0 Å². The molecule has 16 heteroatoms. The van der Waals surface area contributed by atoms with Crippen molar-refractivity contribution in [1.82, 2.24) is 0 Å². The summed E-state index contributed by atoms with van der Waals surface area (Å²) in [6.45, 7) is 6.50. The van der Waals surface area contributed by atoms with Gasteiger partial charge in [-0.1, -0.05) is 6.92 Å². The molecule has 19 heavy (non-hydrogen) atoms. The van der Waals surface area contributed by atoms with Gasteiger partial charge < -0.3 is 58.4 Å². The third-order valence-electron chi connectivity index (χ3n) is 0. The zero-order valence-electron chi connectivity index (χ0n) is 9.42. The molecule has 114 valence electrons. The Morgan fingerprint density at radius 2 is 0.579 bits per heavy atom. The summed E-state index contributed by atoms with van der Waals surface area (Å²) in [6, 6.07) is 0. The molecule has 0 atom stereocenters. The van der Waals surface area contributed by atoms with Crippen LogP contribution in [0.15, 0.2) is 6.08 Å². The van der Waals surface area contributed by atoms with E-state index in [9.17, 15) is 51.8 Å². The predicted octanol–water partition coefficient (Wildman–Crippen LogP) is 1.90. The molecule has 0 aliphatic rings. The molecule has 0 aliphatic heterocycles. The van der Waals surface area contributed by atoms with E-state index in [-0.39, 0.29) is 51.4 Å². The summed E-state index contributed by atoms with van der Waals surface area (Å²) in [6.07, 6.45) is 1.50. The molecule has 0 saturated carbocycles. The maximum Gasteiger partial charge on any atom is 1.00 e. The van der Waals surface area contributed by atoms with Crippen LogP contribution >= 0.6 is 0 Å². The van der Waals surface area contributed by atoms with Crippen molar-refractivity contribution >= 4 is 21.8 Å². The molecule has 0 nitrogen and oxygen atoms in total. The Morgan fingerprint density at radius 3 is 0.579 bits per heavy atom. The van der Waals surface area contributed by atoms with E-state index in [0.717, 1.165) is 0 Å². The minimum atomic E-state index is -6.00. The monoisotopic (exact) mass is 341 g/mol. The van der Waals surface area contributed by atoms with Crippen LogP contribution in [-0.4, -0.2) is 21.8 Å². The normalized spacial score (nSPS) is 10.2. The third-order valence-corrected chi connectivity index (χ3v) is 0. The van der Waals surface area contributed by atoms with E-state index < -0.39 is 21.8 Å². The van der Waals surface area contributed by atoms with Gasteiger partial charge in [-0.25, -0.2) is 0 Å². The largest absolute Gasteiger partial charge is 1.00 e. The first kappa shape index (κ1) is 31.9. The molecule has 0 radical (unpaired) electrons. The van der Waals surface area contributed by atoms with Crippen LogP contribution in [0.2, 0.25) is 0 Å². The van der Waals surface area contributed by atoms with E-state index in [1.165, 1.54) is 6.08 Å². The Morgan fingerprint density at radius 1 is 0.579 bits per heavy atom. The molecule has 0 N–H and O–H groups in total. The van der Waals surface area contributed by atoms with E-state index in [4.69, 9.17) is 6.58 Å². The minimum Gasteiger partial charge on any atom is -0.518 e. The maximum atomic E-state index is 9.75. The molecule has 0 heterocycles. The molecule has 0 bridgehead atoms. The van der Waals surface area contributed by atoms with Crippen LogP contribution in [0.4, 0.5) is 51.8 Å². The average Bonchev–Trinajstić information content (AvgIpc) is 1.71. The van der Waals surface area contributed by atoms with Gasteiger partial charge in [0.1, 0.15) is 0 Å². The predicted molar refractivity (Wildman–Crippen MR) is 45.1 cm³/mol. The summed E-state index contributed by atoms with van der Waals surface area (Å²) in [5, 5.41) is 0. The van der Waals surface area contributed by atoms with Gasteiger partial charge in [0, 0.05) is 0 Å². The molecule has 0 aliphatic carbocycles. The van der Waals surface area contributed by atoms with Crippen molar-refractivity contribution in [2.75, 3.05) is 0 Å². The standard InChI is InChI=1S/C3H5.3BF4.K/c1-3-2;3*2-1(3,4)5;/h1,3H,2H3;;;;/q4*-1;+1. The molecular formula is C3H5B3F12K-3. The van der Waals surface area contributed by atoms with Gasteiger partial charge in [-0.2, -0.15) is 0 Å². The van der Waals surface area contributed by atoms with Gasteiger partial charge in [0.25, 0.3) is 0 Å². The first-order valence-electron chi connectivity index (χ1n) is 3.53. The number of halogens is 12. The topological polar surface area (TPSA) is 0 Å². The summed E-state index contributed by atoms with van der Waals surface area (Å²) < 4.78 is 117. The van der Waals surface area contributed by atoms with Crippen molar-refractivity contribution < 1.29 is 103 Å². The van der Waals surface area contributed by atoms with Crippen molar-refractivity contribution in [3.63, 3.8) is 0 Å². The molecule has 0 amide bonds. The van der Waals surface area contributed by atoms with Crippen LogP contribution in [0.1, 0.15) is 6.92 Å². The van der Waals surface area contributed by atoms with Crippen LogP contribution in [0.5, 0.6) is 0 Å². The zero-order chi connectivity index (χ0) is 16.2. The van der Waals surface area contributed by atoms with Crippen molar-refractivity contribution in [2.24, 2.45) is 0 Å². The van der Waals surface area contributed by atoms with Crippen molar-refractivity contribution in [1.29, 1.82) is 0 Å². The molecule has 0 aromatic carbocycles. The van der Waals surface area contributed by atoms with E-state index in [0.29, 0.717) is 0 Å². The van der Waals surface area contributed by atoms with E-state index in [1.807, 2.05) is 0 Å². The summed E-state index contributed by atoms with van der Waals surface area (Å²) in [7, 11) is -18.0. The summed E-state index contributed by atoms with van der Waals surface area (Å²) in [4.78, 5) is 0. The average molecular weight is 341 g/mol. The second kappa shape index (κ2) is 15.1. The fourth-order valence-corrected chi connectivity index (χ4v) is 0. The Kier molecular flexibility index (Phi) is 25.4. The van der Waals surface area contributed by atoms with Crippen LogP contribution in [0, 0.1) is 6.58 Å². The number of rotatable bonds is 0. The van der Waals surface area contributed by atoms with Gasteiger partial charge in [0.2, 0.25) is 0 Å². The maximum absolute atomic E-state index is 9.75. The molecule has 0 rings (SSSR count). The van der Waals surface area contributed by atoms with Crippen LogP contribution in [0.3, 0.4) is 0 Å². The smallest absolute Gasteiger partial charge is 0.518 e. The molecule has 0 fully saturated rings.